The van der Waals surface area contributed by atoms with Gasteiger partial charge in [0.1, 0.15) is 5.82 Å². The molecule has 0 aromatic heterocycles. The van der Waals surface area contributed by atoms with Crippen LogP contribution in [-0.4, -0.2) is 30.9 Å². The van der Waals surface area contributed by atoms with Gasteiger partial charge in [0.2, 0.25) is 5.91 Å². The molecule has 0 saturated heterocycles. The molecule has 0 unspecified atom stereocenters. The summed E-state index contributed by atoms with van der Waals surface area (Å²) in [5.41, 5.74) is 4.88. The Morgan fingerprint density at radius 2 is 1.61 bits per heavy atom. The van der Waals surface area contributed by atoms with Gasteiger partial charge in [-0.1, -0.05) is 12.1 Å². The van der Waals surface area contributed by atoms with Gasteiger partial charge in [0.25, 0.3) is 5.91 Å². The van der Waals surface area contributed by atoms with Gasteiger partial charge in [-0.05, 0) is 48.0 Å². The number of esters is 1. The second-order valence-corrected chi connectivity index (χ2v) is 6.30. The molecule has 0 saturated carbocycles. The lowest BCUT2D eigenvalue weighted by molar-refractivity contribution is -0.143. The van der Waals surface area contributed by atoms with Gasteiger partial charge >= 0.3 is 12.1 Å². The lowest BCUT2D eigenvalue weighted by Crippen LogP contribution is -2.37. The molecule has 2 aromatic rings. The average molecular weight is 438 g/mol. The molecule has 0 radical (unpaired) electrons. The van der Waals surface area contributed by atoms with E-state index in [0.717, 1.165) is 35.2 Å². The summed E-state index contributed by atoms with van der Waals surface area (Å²) in [4.78, 5) is 36.4. The molecule has 0 spiro atoms. The number of benzene rings is 2. The van der Waals surface area contributed by atoms with Gasteiger partial charge < -0.3 is 15.4 Å². The zero-order chi connectivity index (χ0) is 23.0. The maximum atomic E-state index is 13.1. The van der Waals surface area contributed by atoms with Crippen LogP contribution >= 0.6 is 0 Å². The lowest BCUT2D eigenvalue weighted by atomic mass is 10.1. The van der Waals surface area contributed by atoms with Crippen LogP contribution in [0.15, 0.2) is 54.6 Å². The highest BCUT2D eigenvalue weighted by Crippen LogP contribution is 2.29. The third-order valence-electron chi connectivity index (χ3n) is 4.01. The summed E-state index contributed by atoms with van der Waals surface area (Å²) >= 11 is 0. The number of carbonyl (C=O) groups is 3. The fraction of sp³-hybridized carbons (Fsp3) is 0.190. The molecular formula is C21H18F4N2O4. The fourth-order valence-electron chi connectivity index (χ4n) is 2.45. The molecule has 0 atom stereocenters. The van der Waals surface area contributed by atoms with Crippen LogP contribution in [0.3, 0.4) is 0 Å². The van der Waals surface area contributed by atoms with Crippen molar-refractivity contribution in [2.45, 2.75) is 12.6 Å². The van der Waals surface area contributed by atoms with Crippen LogP contribution < -0.4 is 10.6 Å². The van der Waals surface area contributed by atoms with Crippen molar-refractivity contribution >= 4 is 29.5 Å². The Morgan fingerprint density at radius 3 is 2.16 bits per heavy atom. The largest absolute Gasteiger partial charge is 0.452 e. The van der Waals surface area contributed by atoms with Crippen LogP contribution in [0.2, 0.25) is 0 Å². The van der Waals surface area contributed by atoms with Crippen molar-refractivity contribution < 1.29 is 36.7 Å². The standard InChI is InChI=1S/C21H18F4N2O4/c22-16-6-8-17(9-7-16)27(12-11-18(26)28)19(29)13-31-20(30)10-3-14-1-4-15(5-2-14)21(23,24)25/h1-10H,11-13H2,(H2,26,28)/b10-3+. The van der Waals surface area contributed by atoms with Crippen LogP contribution in [-0.2, 0) is 25.3 Å². The Morgan fingerprint density at radius 1 is 1.00 bits per heavy atom. The first-order valence-corrected chi connectivity index (χ1v) is 8.92. The van der Waals surface area contributed by atoms with Gasteiger partial charge in [-0.2, -0.15) is 13.2 Å². The number of carbonyl (C=O) groups excluding carboxylic acids is 3. The maximum absolute atomic E-state index is 13.1. The van der Waals surface area contributed by atoms with Crippen LogP contribution in [0.5, 0.6) is 0 Å². The number of rotatable bonds is 8. The van der Waals surface area contributed by atoms with Crippen LogP contribution in [0.1, 0.15) is 17.5 Å². The molecule has 0 bridgehead atoms. The first-order chi connectivity index (χ1) is 14.6. The average Bonchev–Trinajstić information content (AvgIpc) is 2.71. The molecule has 6 nitrogen and oxygen atoms in total. The molecule has 10 heteroatoms. The highest BCUT2D eigenvalue weighted by atomic mass is 19.4. The third-order valence-corrected chi connectivity index (χ3v) is 4.01. The van der Waals surface area contributed by atoms with E-state index in [1.165, 1.54) is 30.3 Å². The zero-order valence-corrected chi connectivity index (χ0v) is 16.1. The van der Waals surface area contributed by atoms with Gasteiger partial charge in [0, 0.05) is 24.7 Å². The molecule has 0 heterocycles. The number of amides is 2. The maximum Gasteiger partial charge on any atom is 0.416 e. The van der Waals surface area contributed by atoms with Gasteiger partial charge in [0.05, 0.1) is 5.56 Å². The summed E-state index contributed by atoms with van der Waals surface area (Å²) in [6.07, 6.45) is -2.43. The molecular weight excluding hydrogens is 420 g/mol. The summed E-state index contributed by atoms with van der Waals surface area (Å²) < 4.78 is 55.6. The number of alkyl halides is 3. The number of halogens is 4. The van der Waals surface area contributed by atoms with Crippen molar-refractivity contribution in [2.75, 3.05) is 18.1 Å². The van der Waals surface area contributed by atoms with Crippen molar-refractivity contribution in [1.29, 1.82) is 0 Å². The first kappa shape index (κ1) is 23.6. The highest BCUT2D eigenvalue weighted by Gasteiger charge is 2.29. The minimum absolute atomic E-state index is 0.0985. The van der Waals surface area contributed by atoms with E-state index in [1.807, 2.05) is 0 Å². The fourth-order valence-corrected chi connectivity index (χ4v) is 2.45. The van der Waals surface area contributed by atoms with E-state index in [-0.39, 0.29) is 18.7 Å². The molecule has 164 valence electrons. The van der Waals surface area contributed by atoms with E-state index in [9.17, 15) is 31.9 Å². The van der Waals surface area contributed by atoms with Gasteiger partial charge in [0.15, 0.2) is 6.61 Å². The predicted molar refractivity (Wildman–Crippen MR) is 104 cm³/mol. The molecule has 0 aliphatic rings. The number of ether oxygens (including phenoxy) is 1. The minimum Gasteiger partial charge on any atom is -0.452 e. The topological polar surface area (TPSA) is 89.7 Å². The summed E-state index contributed by atoms with van der Waals surface area (Å²) in [6.45, 7) is -0.773. The number of nitrogens with zero attached hydrogens (tertiary/aromatic N) is 1. The van der Waals surface area contributed by atoms with E-state index < -0.39 is 41.9 Å². The number of hydrogen-bond donors (Lipinski definition) is 1. The Labute approximate surface area is 174 Å². The molecule has 2 aromatic carbocycles. The summed E-state index contributed by atoms with van der Waals surface area (Å²) in [5.74, 6) is -2.76. The Bertz CT molecular complexity index is 955. The Kier molecular flexibility index (Phi) is 7.89. The smallest absolute Gasteiger partial charge is 0.416 e. The number of nitrogens with two attached hydrogens (primary N) is 1. The van der Waals surface area contributed by atoms with E-state index >= 15 is 0 Å². The van der Waals surface area contributed by atoms with E-state index in [2.05, 4.69) is 0 Å². The minimum atomic E-state index is -4.47. The number of hydrogen-bond acceptors (Lipinski definition) is 4. The first-order valence-electron chi connectivity index (χ1n) is 8.92. The van der Waals surface area contributed by atoms with Gasteiger partial charge in [-0.25, -0.2) is 9.18 Å². The van der Waals surface area contributed by atoms with Crippen molar-refractivity contribution in [1.82, 2.24) is 0 Å². The summed E-state index contributed by atoms with van der Waals surface area (Å²) in [6, 6.07) is 8.98. The third kappa shape index (κ3) is 7.57. The van der Waals surface area contributed by atoms with Gasteiger partial charge in [-0.15, -0.1) is 0 Å². The molecule has 0 aliphatic heterocycles. The van der Waals surface area contributed by atoms with Crippen molar-refractivity contribution in [3.05, 3.63) is 71.6 Å². The highest BCUT2D eigenvalue weighted by molar-refractivity contribution is 5.97. The molecule has 2 rings (SSSR count). The van der Waals surface area contributed by atoms with Crippen molar-refractivity contribution in [3.8, 4) is 0 Å². The number of primary amides is 1. The lowest BCUT2D eigenvalue weighted by Gasteiger charge is -2.22. The Hall–Kier alpha value is -3.69. The molecule has 2 N–H and O–H groups in total. The molecule has 0 aliphatic carbocycles. The normalized spacial score (nSPS) is 11.4. The molecule has 0 fully saturated rings. The van der Waals surface area contributed by atoms with Crippen molar-refractivity contribution in [2.24, 2.45) is 5.73 Å². The van der Waals surface area contributed by atoms with Crippen LogP contribution in [0.25, 0.3) is 6.08 Å². The molecule has 2 amide bonds. The van der Waals surface area contributed by atoms with Crippen molar-refractivity contribution in [3.63, 3.8) is 0 Å². The number of anilines is 1. The second-order valence-electron chi connectivity index (χ2n) is 6.30. The summed E-state index contributed by atoms with van der Waals surface area (Å²) in [7, 11) is 0. The van der Waals surface area contributed by atoms with Gasteiger partial charge in [-0.3, -0.25) is 9.59 Å². The van der Waals surface area contributed by atoms with E-state index in [4.69, 9.17) is 10.5 Å². The van der Waals surface area contributed by atoms with E-state index in [1.54, 1.807) is 0 Å². The zero-order valence-electron chi connectivity index (χ0n) is 16.1. The SMILES string of the molecule is NC(=O)CCN(C(=O)COC(=O)/C=C/c1ccc(C(F)(F)F)cc1)c1ccc(F)cc1. The Balaban J connectivity index is 1.97. The monoisotopic (exact) mass is 438 g/mol. The summed E-state index contributed by atoms with van der Waals surface area (Å²) in [5, 5.41) is 0. The molecule has 31 heavy (non-hydrogen) atoms. The van der Waals surface area contributed by atoms with E-state index in [0.29, 0.717) is 5.56 Å². The van der Waals surface area contributed by atoms with Crippen LogP contribution in [0, 0.1) is 5.82 Å². The van der Waals surface area contributed by atoms with Crippen LogP contribution in [0.4, 0.5) is 23.2 Å². The second kappa shape index (κ2) is 10.4. The quantitative estimate of drug-likeness (QED) is 0.389. The predicted octanol–water partition coefficient (Wildman–Crippen LogP) is 3.31.